The van der Waals surface area contributed by atoms with E-state index in [1.54, 1.807) is 6.20 Å². The molecule has 0 bridgehead atoms. The number of imidazole rings is 1. The van der Waals surface area contributed by atoms with Crippen LogP contribution in [0.25, 0.3) is 11.5 Å². The Labute approximate surface area is 100.0 Å². The van der Waals surface area contributed by atoms with Crippen molar-refractivity contribution in [3.05, 3.63) is 36.3 Å². The van der Waals surface area contributed by atoms with Gasteiger partial charge in [-0.25, -0.2) is 4.98 Å². The molecule has 2 aromatic heterocycles. The van der Waals surface area contributed by atoms with E-state index in [1.165, 1.54) is 5.69 Å². The Balaban J connectivity index is 2.00. The van der Waals surface area contributed by atoms with Crippen LogP contribution in [-0.2, 0) is 13.0 Å². The third kappa shape index (κ3) is 1.85. The first-order valence-electron chi connectivity index (χ1n) is 5.95. The Morgan fingerprint density at radius 1 is 1.35 bits per heavy atom. The summed E-state index contributed by atoms with van der Waals surface area (Å²) in [5, 5.41) is 9.27. The predicted octanol–water partition coefficient (Wildman–Crippen LogP) is 1.50. The first kappa shape index (κ1) is 10.5. The van der Waals surface area contributed by atoms with Gasteiger partial charge >= 0.3 is 0 Å². The smallest absolute Gasteiger partial charge is 0.158 e. The molecule has 4 heteroatoms. The summed E-state index contributed by atoms with van der Waals surface area (Å²) in [7, 11) is 0. The van der Waals surface area contributed by atoms with Gasteiger partial charge in [0, 0.05) is 37.2 Å². The monoisotopic (exact) mass is 229 g/mol. The molecule has 2 aromatic rings. The van der Waals surface area contributed by atoms with Crippen LogP contribution in [0.4, 0.5) is 0 Å². The van der Waals surface area contributed by atoms with Crippen LogP contribution in [0.2, 0.25) is 0 Å². The molecule has 0 fully saturated rings. The van der Waals surface area contributed by atoms with Crippen molar-refractivity contribution in [2.75, 3.05) is 6.61 Å². The fraction of sp³-hybridized carbons (Fsp3) is 0.385. The van der Waals surface area contributed by atoms with Gasteiger partial charge in [0.05, 0.1) is 0 Å². The minimum absolute atomic E-state index is 0.249. The number of nitrogens with zero attached hydrogens (tertiary/aromatic N) is 3. The van der Waals surface area contributed by atoms with Crippen LogP contribution >= 0.6 is 0 Å². The fourth-order valence-corrected chi connectivity index (χ4v) is 2.36. The van der Waals surface area contributed by atoms with E-state index in [2.05, 4.69) is 14.5 Å². The van der Waals surface area contributed by atoms with Crippen LogP contribution in [0.1, 0.15) is 12.1 Å². The van der Waals surface area contributed by atoms with Gasteiger partial charge in [0.25, 0.3) is 0 Å². The molecule has 1 aliphatic rings. The molecule has 1 atom stereocenters. The molecule has 0 radical (unpaired) electrons. The Hall–Kier alpha value is -1.68. The summed E-state index contributed by atoms with van der Waals surface area (Å²) in [5.41, 5.74) is 2.15. The molecule has 4 nitrogen and oxygen atoms in total. The standard InChI is InChI=1S/C13H15N3O/c17-9-10-4-5-11-7-15-13(16(11)8-10)12-3-1-2-6-14-12/h1-3,6-7,10,17H,4-5,8-9H2. The normalized spacial score (nSPS) is 19.0. The van der Waals surface area contributed by atoms with E-state index < -0.39 is 0 Å². The zero-order valence-corrected chi connectivity index (χ0v) is 9.58. The molecule has 1 aliphatic heterocycles. The lowest BCUT2D eigenvalue weighted by Gasteiger charge is -2.23. The zero-order chi connectivity index (χ0) is 11.7. The Morgan fingerprint density at radius 3 is 3.06 bits per heavy atom. The number of aliphatic hydroxyl groups excluding tert-OH is 1. The third-order valence-corrected chi connectivity index (χ3v) is 3.34. The van der Waals surface area contributed by atoms with Crippen LogP contribution in [-0.4, -0.2) is 26.2 Å². The second kappa shape index (κ2) is 4.30. The van der Waals surface area contributed by atoms with E-state index in [0.717, 1.165) is 30.9 Å². The second-order valence-corrected chi connectivity index (χ2v) is 4.49. The van der Waals surface area contributed by atoms with E-state index in [-0.39, 0.29) is 6.61 Å². The molecule has 0 saturated heterocycles. The highest BCUT2D eigenvalue weighted by Gasteiger charge is 2.21. The summed E-state index contributed by atoms with van der Waals surface area (Å²) in [6.07, 6.45) is 5.75. The van der Waals surface area contributed by atoms with Crippen LogP contribution < -0.4 is 0 Å². The highest BCUT2D eigenvalue weighted by molar-refractivity contribution is 5.50. The lowest BCUT2D eigenvalue weighted by atomic mass is 9.99. The minimum Gasteiger partial charge on any atom is -0.396 e. The number of rotatable bonds is 2. The minimum atomic E-state index is 0.249. The molecule has 0 aliphatic carbocycles. The number of aliphatic hydroxyl groups is 1. The number of hydrogen-bond donors (Lipinski definition) is 1. The maximum Gasteiger partial charge on any atom is 0.158 e. The van der Waals surface area contributed by atoms with Gasteiger partial charge in [-0.2, -0.15) is 0 Å². The Bertz CT molecular complexity index is 507. The SMILES string of the molecule is OCC1CCc2cnc(-c3ccccn3)n2C1. The maximum atomic E-state index is 9.27. The van der Waals surface area contributed by atoms with Gasteiger partial charge in [-0.1, -0.05) is 6.07 Å². The molecular weight excluding hydrogens is 214 g/mol. The number of pyridine rings is 1. The van der Waals surface area contributed by atoms with E-state index in [4.69, 9.17) is 0 Å². The summed E-state index contributed by atoms with van der Waals surface area (Å²) >= 11 is 0. The van der Waals surface area contributed by atoms with Gasteiger partial charge in [-0.3, -0.25) is 4.98 Å². The summed E-state index contributed by atoms with van der Waals surface area (Å²) < 4.78 is 2.19. The van der Waals surface area contributed by atoms with Crippen LogP contribution in [0.3, 0.4) is 0 Å². The number of aromatic nitrogens is 3. The molecule has 0 aromatic carbocycles. The quantitative estimate of drug-likeness (QED) is 0.849. The van der Waals surface area contributed by atoms with E-state index in [0.29, 0.717) is 5.92 Å². The summed E-state index contributed by atoms with van der Waals surface area (Å²) in [4.78, 5) is 8.79. The summed E-state index contributed by atoms with van der Waals surface area (Å²) in [5.74, 6) is 1.26. The molecule has 0 saturated carbocycles. The van der Waals surface area contributed by atoms with Gasteiger partial charge in [0.2, 0.25) is 0 Å². The fourth-order valence-electron chi connectivity index (χ4n) is 2.36. The first-order valence-corrected chi connectivity index (χ1v) is 5.95. The van der Waals surface area contributed by atoms with Crippen molar-refractivity contribution in [2.45, 2.75) is 19.4 Å². The maximum absolute atomic E-state index is 9.27. The molecule has 0 amide bonds. The van der Waals surface area contributed by atoms with Gasteiger partial charge in [0.1, 0.15) is 5.69 Å². The lowest BCUT2D eigenvalue weighted by Crippen LogP contribution is -2.23. The average Bonchev–Trinajstić information content (AvgIpc) is 2.82. The van der Waals surface area contributed by atoms with Crippen LogP contribution in [0.5, 0.6) is 0 Å². The predicted molar refractivity (Wildman–Crippen MR) is 64.4 cm³/mol. The number of hydrogen-bond acceptors (Lipinski definition) is 3. The first-order chi connectivity index (χ1) is 8.38. The Morgan fingerprint density at radius 2 is 2.29 bits per heavy atom. The largest absolute Gasteiger partial charge is 0.396 e. The zero-order valence-electron chi connectivity index (χ0n) is 9.58. The van der Waals surface area contributed by atoms with Crippen molar-refractivity contribution in [3.8, 4) is 11.5 Å². The summed E-state index contributed by atoms with van der Waals surface area (Å²) in [6, 6.07) is 5.84. The number of fused-ring (bicyclic) bond motifs is 1. The lowest BCUT2D eigenvalue weighted by molar-refractivity contribution is 0.192. The van der Waals surface area contributed by atoms with Crippen LogP contribution in [0.15, 0.2) is 30.6 Å². The molecule has 17 heavy (non-hydrogen) atoms. The molecule has 3 rings (SSSR count). The van der Waals surface area contributed by atoms with Crippen molar-refractivity contribution in [3.63, 3.8) is 0 Å². The molecule has 1 unspecified atom stereocenters. The highest BCUT2D eigenvalue weighted by atomic mass is 16.3. The molecule has 0 spiro atoms. The van der Waals surface area contributed by atoms with Crippen molar-refractivity contribution in [1.82, 2.24) is 14.5 Å². The van der Waals surface area contributed by atoms with Crippen molar-refractivity contribution < 1.29 is 5.11 Å². The second-order valence-electron chi connectivity index (χ2n) is 4.49. The third-order valence-electron chi connectivity index (χ3n) is 3.34. The highest BCUT2D eigenvalue weighted by Crippen LogP contribution is 2.25. The van der Waals surface area contributed by atoms with Crippen molar-refractivity contribution in [1.29, 1.82) is 0 Å². The van der Waals surface area contributed by atoms with Crippen molar-refractivity contribution >= 4 is 0 Å². The van der Waals surface area contributed by atoms with E-state index in [1.807, 2.05) is 24.4 Å². The van der Waals surface area contributed by atoms with E-state index >= 15 is 0 Å². The average molecular weight is 229 g/mol. The van der Waals surface area contributed by atoms with Gasteiger partial charge in [-0.05, 0) is 25.0 Å². The molecule has 3 heterocycles. The van der Waals surface area contributed by atoms with E-state index in [9.17, 15) is 5.11 Å². The topological polar surface area (TPSA) is 50.9 Å². The summed E-state index contributed by atoms with van der Waals surface area (Å²) in [6.45, 7) is 1.09. The van der Waals surface area contributed by atoms with Crippen LogP contribution in [0, 0.1) is 5.92 Å². The van der Waals surface area contributed by atoms with Gasteiger partial charge in [0.15, 0.2) is 5.82 Å². The number of aryl methyl sites for hydroxylation is 1. The molecule has 88 valence electrons. The van der Waals surface area contributed by atoms with Gasteiger partial charge in [-0.15, -0.1) is 0 Å². The van der Waals surface area contributed by atoms with Crippen molar-refractivity contribution in [2.24, 2.45) is 5.92 Å². The Kier molecular flexibility index (Phi) is 2.65. The molecular formula is C13H15N3O. The van der Waals surface area contributed by atoms with Gasteiger partial charge < -0.3 is 9.67 Å². The molecule has 1 N–H and O–H groups in total.